The van der Waals surface area contributed by atoms with E-state index in [0.29, 0.717) is 48.9 Å². The number of rotatable bonds is 7. The van der Waals surface area contributed by atoms with Crippen LogP contribution in [0.2, 0.25) is 0 Å². The molecule has 0 aliphatic carbocycles. The third-order valence-corrected chi connectivity index (χ3v) is 6.11. The van der Waals surface area contributed by atoms with Gasteiger partial charge in [-0.05, 0) is 36.4 Å². The lowest BCUT2D eigenvalue weighted by atomic mass is 10.0. The van der Waals surface area contributed by atoms with E-state index in [9.17, 15) is 9.59 Å². The van der Waals surface area contributed by atoms with E-state index in [1.165, 1.54) is 14.2 Å². The number of benzene rings is 2. The van der Waals surface area contributed by atoms with Crippen molar-refractivity contribution in [1.82, 2.24) is 15.2 Å². The maximum absolute atomic E-state index is 12.8. The number of nitrogens with one attached hydrogen (secondary N) is 1. The van der Waals surface area contributed by atoms with Crippen LogP contribution in [0.3, 0.4) is 0 Å². The lowest BCUT2D eigenvalue weighted by molar-refractivity contribution is -0.130. The highest BCUT2D eigenvalue weighted by Gasteiger charge is 2.23. The molecule has 0 bridgehead atoms. The molecule has 1 aromatic heterocycles. The highest BCUT2D eigenvalue weighted by atomic mass is 16.5. The molecule has 0 radical (unpaired) electrons. The molecule has 1 saturated heterocycles. The molecule has 1 fully saturated rings. The number of nitriles is 1. The Labute approximate surface area is 209 Å². The van der Waals surface area contributed by atoms with E-state index in [-0.39, 0.29) is 18.4 Å². The van der Waals surface area contributed by atoms with E-state index in [1.807, 2.05) is 36.4 Å². The molecular formula is C27H27N5O4. The Morgan fingerprint density at radius 3 is 2.42 bits per heavy atom. The van der Waals surface area contributed by atoms with E-state index in [2.05, 4.69) is 15.2 Å². The predicted octanol–water partition coefficient (Wildman–Crippen LogP) is 2.72. The van der Waals surface area contributed by atoms with Crippen molar-refractivity contribution in [2.24, 2.45) is 0 Å². The molecular weight excluding hydrogens is 458 g/mol. The van der Waals surface area contributed by atoms with Gasteiger partial charge in [0.25, 0.3) is 5.91 Å². The number of methoxy groups -OCH3 is 2. The Morgan fingerprint density at radius 1 is 1.00 bits per heavy atom. The Bertz CT molecular complexity index is 1280. The highest BCUT2D eigenvalue weighted by molar-refractivity contribution is 5.97. The van der Waals surface area contributed by atoms with Crippen molar-refractivity contribution in [2.45, 2.75) is 0 Å². The molecule has 9 nitrogen and oxygen atoms in total. The molecule has 1 N–H and O–H groups in total. The summed E-state index contributed by atoms with van der Waals surface area (Å²) in [6, 6.07) is 18.5. The number of nitrogens with zero attached hydrogens (tertiary/aromatic N) is 4. The number of carbonyl (C=O) groups excluding carboxylic acids is 2. The van der Waals surface area contributed by atoms with Crippen LogP contribution in [0.5, 0.6) is 11.5 Å². The smallest absolute Gasteiger partial charge is 0.251 e. The van der Waals surface area contributed by atoms with E-state index < -0.39 is 0 Å². The minimum atomic E-state index is -0.354. The van der Waals surface area contributed by atoms with Crippen LogP contribution < -0.4 is 19.7 Å². The Hall–Kier alpha value is -4.58. The van der Waals surface area contributed by atoms with Gasteiger partial charge in [-0.25, -0.2) is 4.98 Å². The van der Waals surface area contributed by atoms with E-state index in [1.54, 1.807) is 35.4 Å². The second-order valence-corrected chi connectivity index (χ2v) is 8.18. The number of para-hydroxylation sites is 1. The van der Waals surface area contributed by atoms with Crippen LogP contribution in [0.15, 0.2) is 60.8 Å². The minimum absolute atomic E-state index is 0.0827. The zero-order chi connectivity index (χ0) is 25.5. The molecule has 0 unspecified atom stereocenters. The largest absolute Gasteiger partial charge is 0.493 e. The number of hydrogen-bond acceptors (Lipinski definition) is 7. The summed E-state index contributed by atoms with van der Waals surface area (Å²) in [6.07, 6.45) is 1.71. The van der Waals surface area contributed by atoms with Crippen LogP contribution in [0.1, 0.15) is 16.1 Å². The average Bonchev–Trinajstić information content (AvgIpc) is 2.95. The van der Waals surface area contributed by atoms with Gasteiger partial charge in [0, 0.05) is 54.8 Å². The Balaban J connectivity index is 1.34. The van der Waals surface area contributed by atoms with E-state index >= 15 is 0 Å². The molecule has 36 heavy (non-hydrogen) atoms. The van der Waals surface area contributed by atoms with Crippen molar-refractivity contribution in [2.75, 3.05) is 51.8 Å². The van der Waals surface area contributed by atoms with Gasteiger partial charge in [0.15, 0.2) is 11.5 Å². The summed E-state index contributed by atoms with van der Waals surface area (Å²) in [5.41, 5.74) is 3.77. The molecule has 0 saturated carbocycles. The van der Waals surface area contributed by atoms with E-state index in [4.69, 9.17) is 14.7 Å². The molecule has 9 heteroatoms. The predicted molar refractivity (Wildman–Crippen MR) is 135 cm³/mol. The fourth-order valence-corrected chi connectivity index (χ4v) is 4.16. The molecule has 1 aliphatic heterocycles. The average molecular weight is 486 g/mol. The van der Waals surface area contributed by atoms with Gasteiger partial charge < -0.3 is 24.6 Å². The van der Waals surface area contributed by atoms with Gasteiger partial charge in [0.1, 0.15) is 11.8 Å². The lowest BCUT2D eigenvalue weighted by Crippen LogP contribution is -2.51. The summed E-state index contributed by atoms with van der Waals surface area (Å²) in [7, 11) is 3.03. The summed E-state index contributed by atoms with van der Waals surface area (Å²) in [5.74, 6) is 0.491. The third kappa shape index (κ3) is 5.39. The van der Waals surface area contributed by atoms with Crippen LogP contribution in [0.4, 0.5) is 5.69 Å². The molecule has 4 rings (SSSR count). The van der Waals surface area contributed by atoms with Crippen molar-refractivity contribution >= 4 is 17.5 Å². The standard InChI is InChI=1S/C27H27N5O4/c1-35-24-10-8-19(15-25(24)36-2)27(34)30-18-26(33)32-13-11-31(12-14-32)23-6-4-3-5-22(23)20-7-9-21(16-28)29-17-20/h3-10,15,17H,11-14,18H2,1-2H3,(H,30,34). The summed E-state index contributed by atoms with van der Waals surface area (Å²) in [6.45, 7) is 2.34. The number of anilines is 1. The molecule has 2 heterocycles. The molecule has 3 aromatic rings. The fourth-order valence-electron chi connectivity index (χ4n) is 4.16. The lowest BCUT2D eigenvalue weighted by Gasteiger charge is -2.37. The molecule has 2 aromatic carbocycles. The monoisotopic (exact) mass is 485 g/mol. The van der Waals surface area contributed by atoms with Gasteiger partial charge in [0.05, 0.1) is 20.8 Å². The van der Waals surface area contributed by atoms with Crippen molar-refractivity contribution in [3.05, 3.63) is 72.1 Å². The zero-order valence-electron chi connectivity index (χ0n) is 20.2. The third-order valence-electron chi connectivity index (χ3n) is 6.11. The summed E-state index contributed by atoms with van der Waals surface area (Å²) in [4.78, 5) is 33.5. The fraction of sp³-hybridized carbons (Fsp3) is 0.259. The van der Waals surface area contributed by atoms with Gasteiger partial charge in [-0.3, -0.25) is 9.59 Å². The van der Waals surface area contributed by atoms with Gasteiger partial charge in [-0.15, -0.1) is 0 Å². The van der Waals surface area contributed by atoms with Gasteiger partial charge in [0.2, 0.25) is 5.91 Å². The summed E-state index contributed by atoms with van der Waals surface area (Å²) >= 11 is 0. The first-order valence-electron chi connectivity index (χ1n) is 11.5. The van der Waals surface area contributed by atoms with Crippen LogP contribution in [-0.4, -0.2) is 68.6 Å². The topological polar surface area (TPSA) is 108 Å². The van der Waals surface area contributed by atoms with Crippen LogP contribution in [0, 0.1) is 11.3 Å². The van der Waals surface area contributed by atoms with Crippen molar-refractivity contribution in [1.29, 1.82) is 5.26 Å². The molecule has 184 valence electrons. The van der Waals surface area contributed by atoms with Crippen molar-refractivity contribution in [3.8, 4) is 28.7 Å². The second-order valence-electron chi connectivity index (χ2n) is 8.18. The molecule has 0 spiro atoms. The zero-order valence-corrected chi connectivity index (χ0v) is 20.2. The maximum Gasteiger partial charge on any atom is 0.251 e. The minimum Gasteiger partial charge on any atom is -0.493 e. The first-order valence-corrected chi connectivity index (χ1v) is 11.5. The van der Waals surface area contributed by atoms with E-state index in [0.717, 1.165) is 16.8 Å². The number of amides is 2. The van der Waals surface area contributed by atoms with Crippen LogP contribution >= 0.6 is 0 Å². The van der Waals surface area contributed by atoms with Crippen molar-refractivity contribution < 1.29 is 19.1 Å². The summed E-state index contributed by atoms with van der Waals surface area (Å²) < 4.78 is 10.4. The van der Waals surface area contributed by atoms with Crippen LogP contribution in [0.25, 0.3) is 11.1 Å². The van der Waals surface area contributed by atoms with Gasteiger partial charge in [-0.2, -0.15) is 5.26 Å². The molecule has 2 amide bonds. The number of ether oxygens (including phenoxy) is 2. The highest BCUT2D eigenvalue weighted by Crippen LogP contribution is 2.31. The van der Waals surface area contributed by atoms with Crippen molar-refractivity contribution in [3.63, 3.8) is 0 Å². The molecule has 1 aliphatic rings. The normalized spacial score (nSPS) is 13.0. The maximum atomic E-state index is 12.8. The Morgan fingerprint density at radius 2 is 1.75 bits per heavy atom. The Kier molecular flexibility index (Phi) is 7.66. The van der Waals surface area contributed by atoms with Crippen LogP contribution in [-0.2, 0) is 4.79 Å². The number of piperazine rings is 1. The first kappa shape index (κ1) is 24.5. The number of carbonyl (C=O) groups is 2. The first-order chi connectivity index (χ1) is 17.5. The number of hydrogen-bond donors (Lipinski definition) is 1. The SMILES string of the molecule is COc1ccc(C(=O)NCC(=O)N2CCN(c3ccccc3-c3ccc(C#N)nc3)CC2)cc1OC. The summed E-state index contributed by atoms with van der Waals surface area (Å²) in [5, 5.41) is 11.7. The quantitative estimate of drug-likeness (QED) is 0.548. The number of aromatic nitrogens is 1. The molecule has 0 atom stereocenters. The second kappa shape index (κ2) is 11.2. The van der Waals surface area contributed by atoms with Gasteiger partial charge in [-0.1, -0.05) is 18.2 Å². The number of pyridine rings is 1. The van der Waals surface area contributed by atoms with Gasteiger partial charge >= 0.3 is 0 Å².